The summed E-state index contributed by atoms with van der Waals surface area (Å²) in [6.45, 7) is 0.219. The van der Waals surface area contributed by atoms with Gasteiger partial charge in [0.2, 0.25) is 0 Å². The molecule has 0 fully saturated rings. The number of carbonyl (C=O) groups is 1. The van der Waals surface area contributed by atoms with E-state index in [0.717, 1.165) is 5.56 Å². The molecule has 2 rings (SSSR count). The summed E-state index contributed by atoms with van der Waals surface area (Å²) < 4.78 is 15.7. The smallest absolute Gasteiger partial charge is 0.262 e. The molecule has 0 aromatic heterocycles. The predicted molar refractivity (Wildman–Crippen MR) is 98.0 cm³/mol. The summed E-state index contributed by atoms with van der Waals surface area (Å²) >= 11 is 0. The van der Waals surface area contributed by atoms with Gasteiger partial charge in [-0.25, -0.2) is 0 Å². The lowest BCUT2D eigenvalue weighted by Gasteiger charge is -2.11. The molecule has 0 bridgehead atoms. The Hall–Kier alpha value is -3.46. The van der Waals surface area contributed by atoms with Crippen LogP contribution in [0.5, 0.6) is 17.2 Å². The lowest BCUT2D eigenvalue weighted by atomic mass is 10.1. The number of amides is 1. The van der Waals surface area contributed by atoms with Crippen molar-refractivity contribution in [1.82, 2.24) is 5.32 Å². The minimum atomic E-state index is -0.476. The maximum absolute atomic E-state index is 12.4. The van der Waals surface area contributed by atoms with E-state index < -0.39 is 5.91 Å². The molecule has 0 saturated heterocycles. The van der Waals surface area contributed by atoms with Crippen molar-refractivity contribution in [3.8, 4) is 23.3 Å². The number of nitriles is 1. The van der Waals surface area contributed by atoms with Gasteiger partial charge in [-0.15, -0.1) is 0 Å². The minimum Gasteiger partial charge on any atom is -0.497 e. The van der Waals surface area contributed by atoms with Gasteiger partial charge < -0.3 is 19.5 Å². The zero-order valence-electron chi connectivity index (χ0n) is 14.9. The summed E-state index contributed by atoms with van der Waals surface area (Å²) in [7, 11) is 4.65. The summed E-state index contributed by atoms with van der Waals surface area (Å²) in [5, 5.41) is 12.1. The molecule has 26 heavy (non-hydrogen) atoms. The molecule has 1 N–H and O–H groups in total. The van der Waals surface area contributed by atoms with Crippen molar-refractivity contribution in [2.45, 2.75) is 6.54 Å². The van der Waals surface area contributed by atoms with Crippen molar-refractivity contribution in [3.05, 3.63) is 59.2 Å². The van der Waals surface area contributed by atoms with Gasteiger partial charge in [-0.05, 0) is 24.3 Å². The molecule has 0 heterocycles. The van der Waals surface area contributed by atoms with Crippen molar-refractivity contribution in [2.24, 2.45) is 0 Å². The number of nitrogens with zero attached hydrogens (tertiary/aromatic N) is 1. The first-order valence-electron chi connectivity index (χ1n) is 7.86. The Morgan fingerprint density at radius 3 is 2.46 bits per heavy atom. The van der Waals surface area contributed by atoms with E-state index in [1.807, 2.05) is 18.2 Å². The third-order valence-corrected chi connectivity index (χ3v) is 3.74. The summed E-state index contributed by atoms with van der Waals surface area (Å²) in [4.78, 5) is 12.4. The van der Waals surface area contributed by atoms with E-state index in [9.17, 15) is 10.1 Å². The van der Waals surface area contributed by atoms with Crippen LogP contribution in [0.25, 0.3) is 6.08 Å². The maximum atomic E-state index is 12.4. The van der Waals surface area contributed by atoms with Gasteiger partial charge >= 0.3 is 0 Å². The van der Waals surface area contributed by atoms with Crippen LogP contribution in [-0.4, -0.2) is 27.2 Å². The number of nitrogens with one attached hydrogen (secondary N) is 1. The van der Waals surface area contributed by atoms with Crippen molar-refractivity contribution in [3.63, 3.8) is 0 Å². The molecular formula is C20H20N2O4. The normalized spacial score (nSPS) is 10.6. The van der Waals surface area contributed by atoms with Crippen molar-refractivity contribution in [1.29, 1.82) is 5.26 Å². The molecule has 0 aliphatic rings. The highest BCUT2D eigenvalue weighted by Gasteiger charge is 2.12. The van der Waals surface area contributed by atoms with Crippen LogP contribution in [0.2, 0.25) is 0 Å². The monoisotopic (exact) mass is 352 g/mol. The lowest BCUT2D eigenvalue weighted by Crippen LogP contribution is -2.24. The minimum absolute atomic E-state index is 0.0121. The highest BCUT2D eigenvalue weighted by atomic mass is 16.5. The average molecular weight is 352 g/mol. The topological polar surface area (TPSA) is 80.6 Å². The maximum Gasteiger partial charge on any atom is 0.262 e. The second-order valence-corrected chi connectivity index (χ2v) is 5.27. The number of hydrogen-bond acceptors (Lipinski definition) is 5. The van der Waals surface area contributed by atoms with Gasteiger partial charge in [0.1, 0.15) is 28.9 Å². The Labute approximate surface area is 152 Å². The van der Waals surface area contributed by atoms with Crippen LogP contribution >= 0.6 is 0 Å². The Balaban J connectivity index is 2.15. The van der Waals surface area contributed by atoms with Gasteiger partial charge in [0.15, 0.2) is 0 Å². The first-order chi connectivity index (χ1) is 12.6. The fourth-order valence-corrected chi connectivity index (χ4v) is 2.36. The molecular weight excluding hydrogens is 332 g/mol. The van der Waals surface area contributed by atoms with Gasteiger partial charge in [-0.1, -0.05) is 18.2 Å². The van der Waals surface area contributed by atoms with Gasteiger partial charge in [0.25, 0.3) is 5.91 Å². The van der Waals surface area contributed by atoms with Crippen molar-refractivity contribution >= 4 is 12.0 Å². The summed E-state index contributed by atoms with van der Waals surface area (Å²) in [5.41, 5.74) is 1.42. The molecule has 1 amide bonds. The molecule has 0 atom stereocenters. The highest BCUT2D eigenvalue weighted by Crippen LogP contribution is 2.24. The SMILES string of the molecule is COc1ccc(CNC(=O)/C(C#N)=C/c2ccccc2OC)c(OC)c1. The Morgan fingerprint density at radius 2 is 1.81 bits per heavy atom. The van der Waals surface area contributed by atoms with Crippen LogP contribution in [0.15, 0.2) is 48.0 Å². The molecule has 0 saturated carbocycles. The average Bonchev–Trinajstić information content (AvgIpc) is 2.70. The van der Waals surface area contributed by atoms with E-state index in [1.165, 1.54) is 13.2 Å². The van der Waals surface area contributed by atoms with Crippen LogP contribution in [0, 0.1) is 11.3 Å². The number of methoxy groups -OCH3 is 3. The number of para-hydroxylation sites is 1. The lowest BCUT2D eigenvalue weighted by molar-refractivity contribution is -0.117. The second kappa shape index (κ2) is 9.14. The summed E-state index contributed by atoms with van der Waals surface area (Å²) in [6.07, 6.45) is 1.50. The number of rotatable bonds is 7. The Bertz CT molecular complexity index is 853. The summed E-state index contributed by atoms with van der Waals surface area (Å²) in [6, 6.07) is 14.4. The standard InChI is InChI=1S/C20H20N2O4/c1-24-17-9-8-15(19(11-17)26-3)13-22-20(23)16(12-21)10-14-6-4-5-7-18(14)25-2/h4-11H,13H2,1-3H3,(H,22,23)/b16-10+. The largest absolute Gasteiger partial charge is 0.497 e. The van der Waals surface area contributed by atoms with Crippen LogP contribution in [0.1, 0.15) is 11.1 Å². The third-order valence-electron chi connectivity index (χ3n) is 3.74. The number of hydrogen-bond donors (Lipinski definition) is 1. The molecule has 0 radical (unpaired) electrons. The second-order valence-electron chi connectivity index (χ2n) is 5.27. The van der Waals surface area contributed by atoms with E-state index in [0.29, 0.717) is 22.8 Å². The molecule has 0 spiro atoms. The molecule has 6 heteroatoms. The molecule has 6 nitrogen and oxygen atoms in total. The van der Waals surface area contributed by atoms with Crippen LogP contribution in [0.3, 0.4) is 0 Å². The van der Waals surface area contributed by atoms with Gasteiger partial charge in [0, 0.05) is 23.7 Å². The first-order valence-corrected chi connectivity index (χ1v) is 7.86. The molecule has 0 aliphatic heterocycles. The number of carbonyl (C=O) groups excluding carboxylic acids is 1. The fourth-order valence-electron chi connectivity index (χ4n) is 2.36. The van der Waals surface area contributed by atoms with Gasteiger partial charge in [0.05, 0.1) is 21.3 Å². The Kier molecular flexibility index (Phi) is 6.63. The van der Waals surface area contributed by atoms with Gasteiger partial charge in [-0.3, -0.25) is 4.79 Å². The van der Waals surface area contributed by atoms with Gasteiger partial charge in [-0.2, -0.15) is 5.26 Å². The van der Waals surface area contributed by atoms with E-state index in [2.05, 4.69) is 5.32 Å². The first kappa shape index (κ1) is 18.9. The third kappa shape index (κ3) is 4.54. The molecule has 0 unspecified atom stereocenters. The molecule has 0 aliphatic carbocycles. The van der Waals surface area contributed by atoms with Crippen molar-refractivity contribution < 1.29 is 19.0 Å². The number of benzene rings is 2. The van der Waals surface area contributed by atoms with Crippen molar-refractivity contribution in [2.75, 3.05) is 21.3 Å². The van der Waals surface area contributed by atoms with Crippen LogP contribution in [0.4, 0.5) is 0 Å². The van der Waals surface area contributed by atoms with E-state index in [1.54, 1.807) is 44.6 Å². The van der Waals surface area contributed by atoms with Crippen LogP contribution < -0.4 is 19.5 Å². The number of ether oxygens (including phenoxy) is 3. The molecule has 134 valence electrons. The van der Waals surface area contributed by atoms with Crippen LogP contribution in [-0.2, 0) is 11.3 Å². The van der Waals surface area contributed by atoms with E-state index in [-0.39, 0.29) is 12.1 Å². The molecule has 2 aromatic rings. The molecule has 2 aromatic carbocycles. The van der Waals surface area contributed by atoms with E-state index >= 15 is 0 Å². The highest BCUT2D eigenvalue weighted by molar-refractivity contribution is 6.01. The Morgan fingerprint density at radius 1 is 1.08 bits per heavy atom. The zero-order valence-corrected chi connectivity index (χ0v) is 14.9. The quantitative estimate of drug-likeness (QED) is 0.612. The zero-order chi connectivity index (χ0) is 18.9. The van der Waals surface area contributed by atoms with E-state index in [4.69, 9.17) is 14.2 Å². The fraction of sp³-hybridized carbons (Fsp3) is 0.200. The summed E-state index contributed by atoms with van der Waals surface area (Å²) in [5.74, 6) is 1.36. The predicted octanol–water partition coefficient (Wildman–Crippen LogP) is 2.94.